The van der Waals surface area contributed by atoms with Crippen LogP contribution in [-0.2, 0) is 0 Å². The molecule has 0 spiro atoms. The molecule has 1 saturated carbocycles. The average Bonchev–Trinajstić information content (AvgIpc) is 2.45. The van der Waals surface area contributed by atoms with E-state index >= 15 is 0 Å². The summed E-state index contributed by atoms with van der Waals surface area (Å²) in [5, 5.41) is 3.25. The molecule has 118 valence electrons. The minimum atomic E-state index is -4.08. The molecule has 2 unspecified atom stereocenters. The maximum atomic E-state index is 13.0. The normalized spacial score (nSPS) is 29.9. The smallest absolute Gasteiger partial charge is 0.317 e. The Bertz CT molecular complexity index is 287. The van der Waals surface area contributed by atoms with Crippen LogP contribution in [0.5, 0.6) is 0 Å². The number of hydrogen-bond acceptors (Lipinski definition) is 2. The molecule has 1 saturated heterocycles. The highest BCUT2D eigenvalue weighted by molar-refractivity contribution is 4.89. The fourth-order valence-corrected chi connectivity index (χ4v) is 3.96. The second kappa shape index (κ2) is 7.12. The van der Waals surface area contributed by atoms with Crippen molar-refractivity contribution >= 4 is 0 Å². The van der Waals surface area contributed by atoms with Crippen molar-refractivity contribution in [1.82, 2.24) is 10.2 Å². The lowest BCUT2D eigenvalue weighted by molar-refractivity contribution is -0.162. The van der Waals surface area contributed by atoms with E-state index in [9.17, 15) is 13.2 Å². The Kier molecular flexibility index (Phi) is 5.73. The zero-order chi connectivity index (χ0) is 14.6. The van der Waals surface area contributed by atoms with Crippen molar-refractivity contribution in [3.63, 3.8) is 0 Å². The lowest BCUT2D eigenvalue weighted by Crippen LogP contribution is -2.54. The van der Waals surface area contributed by atoms with Crippen LogP contribution in [0.15, 0.2) is 0 Å². The Morgan fingerprint density at radius 1 is 1.05 bits per heavy atom. The summed E-state index contributed by atoms with van der Waals surface area (Å²) in [6.07, 6.45) is 2.93. The molecule has 20 heavy (non-hydrogen) atoms. The molecule has 2 rings (SSSR count). The van der Waals surface area contributed by atoms with E-state index in [1.54, 1.807) is 0 Å². The summed E-state index contributed by atoms with van der Waals surface area (Å²) in [6, 6.07) is 0.244. The van der Waals surface area contributed by atoms with E-state index in [1.165, 1.54) is 6.42 Å². The minimum absolute atomic E-state index is 0.107. The summed E-state index contributed by atoms with van der Waals surface area (Å²) in [5.41, 5.74) is 0. The molecule has 2 atom stereocenters. The van der Waals surface area contributed by atoms with Gasteiger partial charge in [-0.25, -0.2) is 0 Å². The number of rotatable bonds is 4. The largest absolute Gasteiger partial charge is 0.401 e. The molecule has 1 N–H and O–H groups in total. The average molecular weight is 292 g/mol. The summed E-state index contributed by atoms with van der Waals surface area (Å²) in [7, 11) is 0. The molecule has 2 aliphatic rings. The van der Waals surface area contributed by atoms with Crippen molar-refractivity contribution in [2.75, 3.05) is 19.6 Å². The first kappa shape index (κ1) is 16.1. The van der Waals surface area contributed by atoms with Crippen LogP contribution in [0.1, 0.15) is 51.9 Å². The molecule has 0 aromatic heterocycles. The topological polar surface area (TPSA) is 15.3 Å². The Hall–Kier alpha value is -0.290. The monoisotopic (exact) mass is 292 g/mol. The highest BCUT2D eigenvalue weighted by atomic mass is 19.4. The van der Waals surface area contributed by atoms with E-state index in [0.717, 1.165) is 51.6 Å². The molecule has 1 aliphatic carbocycles. The molecule has 0 aromatic rings. The van der Waals surface area contributed by atoms with Gasteiger partial charge in [0.05, 0.1) is 6.54 Å². The van der Waals surface area contributed by atoms with E-state index in [1.807, 2.05) is 4.90 Å². The van der Waals surface area contributed by atoms with Gasteiger partial charge in [-0.05, 0) is 44.7 Å². The lowest BCUT2D eigenvalue weighted by atomic mass is 9.80. The van der Waals surface area contributed by atoms with E-state index in [0.29, 0.717) is 5.92 Å². The Morgan fingerprint density at radius 2 is 1.70 bits per heavy atom. The van der Waals surface area contributed by atoms with Gasteiger partial charge in [0.2, 0.25) is 0 Å². The third-order valence-electron chi connectivity index (χ3n) is 4.96. The Balaban J connectivity index is 2.10. The summed E-state index contributed by atoms with van der Waals surface area (Å²) in [6.45, 7) is 3.10. The van der Waals surface area contributed by atoms with E-state index in [2.05, 4.69) is 12.2 Å². The number of nitrogens with zero attached hydrogens (tertiary/aromatic N) is 1. The Morgan fingerprint density at radius 3 is 2.30 bits per heavy atom. The molecular weight excluding hydrogens is 265 g/mol. The van der Waals surface area contributed by atoms with Gasteiger partial charge in [0, 0.05) is 12.1 Å². The first-order chi connectivity index (χ1) is 9.51. The molecule has 5 heteroatoms. The third-order valence-corrected chi connectivity index (χ3v) is 4.96. The molecule has 0 aromatic carbocycles. The van der Waals surface area contributed by atoms with Crippen LogP contribution in [0.25, 0.3) is 0 Å². The number of alkyl halides is 3. The summed E-state index contributed by atoms with van der Waals surface area (Å²) in [4.78, 5) is 1.81. The highest BCUT2D eigenvalue weighted by Gasteiger charge is 2.40. The lowest BCUT2D eigenvalue weighted by Gasteiger charge is -2.45. The first-order valence-corrected chi connectivity index (χ1v) is 8.04. The van der Waals surface area contributed by atoms with Crippen LogP contribution >= 0.6 is 0 Å². The van der Waals surface area contributed by atoms with Crippen LogP contribution in [0, 0.1) is 5.92 Å². The van der Waals surface area contributed by atoms with Crippen LogP contribution in [-0.4, -0.2) is 42.8 Å². The third kappa shape index (κ3) is 4.35. The number of piperidine rings is 1. The predicted octanol–water partition coefficient (Wildman–Crippen LogP) is 3.57. The van der Waals surface area contributed by atoms with Gasteiger partial charge in [0.15, 0.2) is 0 Å². The zero-order valence-corrected chi connectivity index (χ0v) is 12.4. The fraction of sp³-hybridized carbons (Fsp3) is 1.00. The molecule has 0 radical (unpaired) electrons. The predicted molar refractivity (Wildman–Crippen MR) is 74.7 cm³/mol. The van der Waals surface area contributed by atoms with Gasteiger partial charge in [-0.3, -0.25) is 4.90 Å². The van der Waals surface area contributed by atoms with Gasteiger partial charge < -0.3 is 5.32 Å². The second-order valence-corrected chi connectivity index (χ2v) is 6.29. The van der Waals surface area contributed by atoms with Gasteiger partial charge in [-0.2, -0.15) is 13.2 Å². The molecule has 2 nitrogen and oxygen atoms in total. The van der Waals surface area contributed by atoms with Gasteiger partial charge in [-0.1, -0.05) is 26.2 Å². The van der Waals surface area contributed by atoms with Crippen molar-refractivity contribution in [2.24, 2.45) is 5.92 Å². The van der Waals surface area contributed by atoms with Crippen molar-refractivity contribution in [2.45, 2.75) is 70.1 Å². The van der Waals surface area contributed by atoms with Crippen molar-refractivity contribution in [3.05, 3.63) is 0 Å². The number of halogens is 3. The molecular formula is C15H27F3N2. The molecule has 1 heterocycles. The van der Waals surface area contributed by atoms with Gasteiger partial charge >= 0.3 is 6.18 Å². The van der Waals surface area contributed by atoms with Crippen molar-refractivity contribution in [1.29, 1.82) is 0 Å². The summed E-state index contributed by atoms with van der Waals surface area (Å²) >= 11 is 0. The fourth-order valence-electron chi connectivity index (χ4n) is 3.96. The number of nitrogens with one attached hydrogen (secondary N) is 1. The standard InChI is InChI=1S/C15H27F3N2/c1-2-12-5-3-4-6-14(12)20(11-15(16,17)18)13-7-9-19-10-8-13/h12-14,19H,2-11H2,1H3. The number of hydrogen-bond donors (Lipinski definition) is 1. The molecule has 2 fully saturated rings. The first-order valence-electron chi connectivity index (χ1n) is 8.04. The maximum Gasteiger partial charge on any atom is 0.401 e. The van der Waals surface area contributed by atoms with Crippen LogP contribution in [0.2, 0.25) is 0 Å². The van der Waals surface area contributed by atoms with E-state index in [-0.39, 0.29) is 12.1 Å². The second-order valence-electron chi connectivity index (χ2n) is 6.29. The van der Waals surface area contributed by atoms with E-state index < -0.39 is 12.7 Å². The SMILES string of the molecule is CCC1CCCCC1N(CC(F)(F)F)C1CCNCC1. The van der Waals surface area contributed by atoms with Gasteiger partial charge in [0.1, 0.15) is 0 Å². The van der Waals surface area contributed by atoms with Crippen LogP contribution < -0.4 is 5.32 Å². The van der Waals surface area contributed by atoms with Crippen molar-refractivity contribution in [3.8, 4) is 0 Å². The molecule has 1 aliphatic heterocycles. The van der Waals surface area contributed by atoms with Crippen LogP contribution in [0.4, 0.5) is 13.2 Å². The highest BCUT2D eigenvalue weighted by Crippen LogP contribution is 2.35. The molecule has 0 amide bonds. The van der Waals surface area contributed by atoms with Crippen LogP contribution in [0.3, 0.4) is 0 Å². The van der Waals surface area contributed by atoms with Gasteiger partial charge in [0.25, 0.3) is 0 Å². The Labute approximate surface area is 120 Å². The minimum Gasteiger partial charge on any atom is -0.317 e. The van der Waals surface area contributed by atoms with E-state index in [4.69, 9.17) is 0 Å². The summed E-state index contributed by atoms with van der Waals surface area (Å²) in [5.74, 6) is 0.445. The summed E-state index contributed by atoms with van der Waals surface area (Å²) < 4.78 is 39.0. The van der Waals surface area contributed by atoms with Gasteiger partial charge in [-0.15, -0.1) is 0 Å². The maximum absolute atomic E-state index is 13.0. The molecule has 0 bridgehead atoms. The zero-order valence-electron chi connectivity index (χ0n) is 12.4. The van der Waals surface area contributed by atoms with Crippen molar-refractivity contribution < 1.29 is 13.2 Å². The quantitative estimate of drug-likeness (QED) is 0.852.